The Morgan fingerprint density at radius 2 is 1.51 bits per heavy atom. The Bertz CT molecular complexity index is 1390. The first-order chi connectivity index (χ1) is 17.0. The summed E-state index contributed by atoms with van der Waals surface area (Å²) in [6.45, 7) is 0.275. The number of nitrogens with zero attached hydrogens (tertiary/aromatic N) is 4. The van der Waals surface area contributed by atoms with Crippen LogP contribution in [0.15, 0.2) is 89.3 Å². The maximum Gasteiger partial charge on any atom is 0.316 e. The first-order valence-corrected chi connectivity index (χ1v) is 12.7. The van der Waals surface area contributed by atoms with Gasteiger partial charge >= 0.3 is 6.01 Å². The van der Waals surface area contributed by atoms with Crippen molar-refractivity contribution >= 4 is 37.8 Å². The summed E-state index contributed by atoms with van der Waals surface area (Å²) in [6.07, 6.45) is 5.89. The molecule has 35 heavy (non-hydrogen) atoms. The van der Waals surface area contributed by atoms with Crippen LogP contribution >= 0.6 is 15.9 Å². The number of nitrogens with one attached hydrogen (secondary N) is 1. The van der Waals surface area contributed by atoms with Crippen LogP contribution in [0.4, 0.5) is 5.82 Å². The highest BCUT2D eigenvalue weighted by atomic mass is 79.9. The Balaban J connectivity index is 1.53. The monoisotopic (exact) mass is 553 g/mol. The Labute approximate surface area is 211 Å². The number of aromatic nitrogens is 4. The van der Waals surface area contributed by atoms with Gasteiger partial charge in [-0.05, 0) is 33.1 Å². The average molecular weight is 554 g/mol. The number of sulfonamides is 1. The van der Waals surface area contributed by atoms with Gasteiger partial charge in [0, 0.05) is 12.4 Å². The van der Waals surface area contributed by atoms with E-state index in [1.807, 2.05) is 48.5 Å². The van der Waals surface area contributed by atoms with E-state index < -0.39 is 10.0 Å². The molecule has 178 valence electrons. The number of anilines is 1. The number of benzene rings is 2. The van der Waals surface area contributed by atoms with E-state index in [-0.39, 0.29) is 30.9 Å². The molecule has 0 saturated carbocycles. The third kappa shape index (κ3) is 7.08. The first kappa shape index (κ1) is 24.3. The van der Waals surface area contributed by atoms with Gasteiger partial charge in [0.1, 0.15) is 19.5 Å². The van der Waals surface area contributed by atoms with Crippen molar-refractivity contribution in [2.75, 3.05) is 17.9 Å². The summed E-state index contributed by atoms with van der Waals surface area (Å²) in [5.41, 5.74) is 1.84. The molecule has 0 aliphatic rings. The fourth-order valence-electron chi connectivity index (χ4n) is 2.97. The van der Waals surface area contributed by atoms with Crippen molar-refractivity contribution in [2.24, 2.45) is 0 Å². The molecule has 0 radical (unpaired) electrons. The van der Waals surface area contributed by atoms with Crippen LogP contribution in [-0.4, -0.2) is 41.6 Å². The van der Waals surface area contributed by atoms with Crippen LogP contribution in [0.5, 0.6) is 11.9 Å². The SMILES string of the molecule is O=S(=O)(C=Cc1ccccc1)Nc1ncnc(OCCOc2ncc(Br)cn2)c1-c1ccccc1. The van der Waals surface area contributed by atoms with Gasteiger partial charge in [-0.25, -0.2) is 28.4 Å². The van der Waals surface area contributed by atoms with Gasteiger partial charge in [-0.3, -0.25) is 4.72 Å². The van der Waals surface area contributed by atoms with Crippen LogP contribution in [0.1, 0.15) is 5.56 Å². The topological polar surface area (TPSA) is 116 Å². The lowest BCUT2D eigenvalue weighted by atomic mass is 10.1. The van der Waals surface area contributed by atoms with Gasteiger partial charge in [-0.2, -0.15) is 0 Å². The van der Waals surface area contributed by atoms with Gasteiger partial charge in [0.15, 0.2) is 5.82 Å². The summed E-state index contributed by atoms with van der Waals surface area (Å²) in [6, 6.07) is 18.5. The molecule has 0 fully saturated rings. The molecule has 0 aliphatic heterocycles. The summed E-state index contributed by atoms with van der Waals surface area (Å²) in [4.78, 5) is 16.5. The van der Waals surface area contributed by atoms with Crippen LogP contribution in [0.2, 0.25) is 0 Å². The second-order valence-electron chi connectivity index (χ2n) is 7.01. The van der Waals surface area contributed by atoms with E-state index in [0.717, 1.165) is 15.4 Å². The lowest BCUT2D eigenvalue weighted by Gasteiger charge is -2.14. The van der Waals surface area contributed by atoms with E-state index >= 15 is 0 Å². The smallest absolute Gasteiger partial charge is 0.316 e. The molecule has 2 heterocycles. The number of ether oxygens (including phenoxy) is 2. The van der Waals surface area contributed by atoms with Gasteiger partial charge in [0.2, 0.25) is 5.88 Å². The van der Waals surface area contributed by atoms with Gasteiger partial charge in [-0.1, -0.05) is 60.7 Å². The van der Waals surface area contributed by atoms with Crippen LogP contribution < -0.4 is 14.2 Å². The minimum absolute atomic E-state index is 0.0936. The molecule has 0 amide bonds. The van der Waals surface area contributed by atoms with Crippen LogP contribution in [-0.2, 0) is 10.0 Å². The number of halogens is 1. The average Bonchev–Trinajstić information content (AvgIpc) is 2.87. The third-order valence-corrected chi connectivity index (χ3v) is 5.88. The Hall–Kier alpha value is -3.83. The van der Waals surface area contributed by atoms with E-state index in [1.165, 1.54) is 12.4 Å². The molecule has 2 aromatic carbocycles. The molecule has 9 nitrogen and oxygen atoms in total. The largest absolute Gasteiger partial charge is 0.473 e. The van der Waals surface area contributed by atoms with Crippen molar-refractivity contribution in [3.63, 3.8) is 0 Å². The Morgan fingerprint density at radius 3 is 2.23 bits per heavy atom. The summed E-state index contributed by atoms with van der Waals surface area (Å²) < 4.78 is 40.1. The zero-order valence-corrected chi connectivity index (χ0v) is 20.7. The van der Waals surface area contributed by atoms with Gasteiger partial charge in [-0.15, -0.1) is 0 Å². The molecule has 11 heteroatoms. The number of hydrogen-bond acceptors (Lipinski definition) is 8. The highest BCUT2D eigenvalue weighted by molar-refractivity contribution is 9.10. The number of hydrogen-bond donors (Lipinski definition) is 1. The van der Waals surface area contributed by atoms with Gasteiger partial charge < -0.3 is 9.47 Å². The zero-order valence-electron chi connectivity index (χ0n) is 18.3. The predicted octanol–water partition coefficient (Wildman–Crippen LogP) is 4.57. The van der Waals surface area contributed by atoms with Gasteiger partial charge in [0.25, 0.3) is 10.0 Å². The molecule has 0 saturated heterocycles. The van der Waals surface area contributed by atoms with Crippen LogP contribution in [0.3, 0.4) is 0 Å². The lowest BCUT2D eigenvalue weighted by Crippen LogP contribution is -2.14. The summed E-state index contributed by atoms with van der Waals surface area (Å²) in [7, 11) is -3.87. The molecule has 1 N–H and O–H groups in total. The summed E-state index contributed by atoms with van der Waals surface area (Å²) in [5.74, 6) is 0.298. The number of rotatable bonds is 10. The summed E-state index contributed by atoms with van der Waals surface area (Å²) >= 11 is 3.26. The quantitative estimate of drug-likeness (QED) is 0.284. The molecule has 0 unspecified atom stereocenters. The lowest BCUT2D eigenvalue weighted by molar-refractivity contribution is 0.202. The zero-order chi connectivity index (χ0) is 24.5. The van der Waals surface area contributed by atoms with E-state index in [0.29, 0.717) is 11.1 Å². The molecule has 4 rings (SSSR count). The van der Waals surface area contributed by atoms with Crippen molar-refractivity contribution in [3.8, 4) is 23.0 Å². The van der Waals surface area contributed by atoms with Crippen molar-refractivity contribution in [3.05, 3.63) is 94.8 Å². The van der Waals surface area contributed by atoms with Gasteiger partial charge in [0.05, 0.1) is 15.4 Å². The van der Waals surface area contributed by atoms with Crippen molar-refractivity contribution in [2.45, 2.75) is 0 Å². The minimum atomic E-state index is -3.87. The third-order valence-electron chi connectivity index (χ3n) is 4.50. The molecule has 2 aromatic heterocycles. The second kappa shape index (κ2) is 11.5. The fraction of sp³-hybridized carbons (Fsp3) is 0.0833. The molecule has 0 atom stereocenters. The molecular formula is C24H20BrN5O4S. The molecule has 0 spiro atoms. The van der Waals surface area contributed by atoms with Crippen LogP contribution in [0.25, 0.3) is 17.2 Å². The highest BCUT2D eigenvalue weighted by Gasteiger charge is 2.18. The standard InChI is InChI=1S/C24H20BrN5O4S/c25-20-15-26-24(27-16-20)34-13-12-33-23-21(19-9-5-2-6-10-19)22(28-17-29-23)30-35(31,32)14-11-18-7-3-1-4-8-18/h1-11,14-17H,12-13H2,(H,28,29,30). The van der Waals surface area contributed by atoms with E-state index in [4.69, 9.17) is 9.47 Å². The van der Waals surface area contributed by atoms with Crippen molar-refractivity contribution < 1.29 is 17.9 Å². The van der Waals surface area contributed by atoms with E-state index in [9.17, 15) is 8.42 Å². The minimum Gasteiger partial charge on any atom is -0.473 e. The Kier molecular flexibility index (Phi) is 8.01. The maximum absolute atomic E-state index is 12.8. The normalized spacial score (nSPS) is 11.3. The predicted molar refractivity (Wildman–Crippen MR) is 136 cm³/mol. The Morgan fingerprint density at radius 1 is 0.857 bits per heavy atom. The van der Waals surface area contributed by atoms with E-state index in [1.54, 1.807) is 24.5 Å². The van der Waals surface area contributed by atoms with Crippen LogP contribution in [0, 0.1) is 0 Å². The van der Waals surface area contributed by atoms with E-state index in [2.05, 4.69) is 40.6 Å². The summed E-state index contributed by atoms with van der Waals surface area (Å²) in [5, 5.41) is 1.09. The van der Waals surface area contributed by atoms with Crippen molar-refractivity contribution in [1.82, 2.24) is 19.9 Å². The molecule has 0 aliphatic carbocycles. The molecule has 0 bridgehead atoms. The molecule has 4 aromatic rings. The second-order valence-corrected chi connectivity index (χ2v) is 9.49. The first-order valence-electron chi connectivity index (χ1n) is 10.4. The highest BCUT2D eigenvalue weighted by Crippen LogP contribution is 2.34. The van der Waals surface area contributed by atoms with Crippen molar-refractivity contribution in [1.29, 1.82) is 0 Å². The molecular weight excluding hydrogens is 534 g/mol. The fourth-order valence-corrected chi connectivity index (χ4v) is 4.00. The maximum atomic E-state index is 12.8.